The van der Waals surface area contributed by atoms with Crippen LogP contribution in [0.15, 0.2) is 122 Å². The van der Waals surface area contributed by atoms with E-state index < -0.39 is 12.1 Å². The van der Waals surface area contributed by atoms with Crippen molar-refractivity contribution in [2.24, 2.45) is 0 Å². The first-order chi connectivity index (χ1) is 29.4. The first-order valence-electron chi connectivity index (χ1n) is 21.2. The molecule has 12 nitrogen and oxygen atoms in total. The van der Waals surface area contributed by atoms with Crippen LogP contribution in [0.1, 0.15) is 91.9 Å². The number of hydrogen-bond acceptors (Lipinski definition) is 6. The predicted molar refractivity (Wildman–Crippen MR) is 229 cm³/mol. The van der Waals surface area contributed by atoms with Crippen molar-refractivity contribution in [2.45, 2.75) is 69.1 Å². The lowest BCUT2D eigenvalue weighted by Crippen LogP contribution is -2.44. The fourth-order valence-electron chi connectivity index (χ4n) is 9.32. The van der Waals surface area contributed by atoms with Gasteiger partial charge < -0.3 is 30.2 Å². The molecule has 306 valence electrons. The maximum atomic E-state index is 14.4. The van der Waals surface area contributed by atoms with Gasteiger partial charge in [0.1, 0.15) is 23.7 Å². The summed E-state index contributed by atoms with van der Waals surface area (Å²) >= 11 is 0. The van der Waals surface area contributed by atoms with Gasteiger partial charge in [0.05, 0.1) is 35.9 Å². The molecule has 2 aromatic heterocycles. The Kier molecular flexibility index (Phi) is 11.3. The highest BCUT2D eigenvalue weighted by Gasteiger charge is 2.39. The van der Waals surface area contributed by atoms with Gasteiger partial charge in [-0.1, -0.05) is 116 Å². The summed E-state index contributed by atoms with van der Waals surface area (Å²) in [5, 5.41) is 11.9. The number of amides is 3. The minimum absolute atomic E-state index is 0.0845. The van der Waals surface area contributed by atoms with E-state index >= 15 is 0 Å². The quantitative estimate of drug-likeness (QED) is 0.102. The minimum atomic E-state index is -1.25. The van der Waals surface area contributed by atoms with Crippen LogP contribution in [0.5, 0.6) is 0 Å². The molecule has 3 fully saturated rings. The third-order valence-electron chi connectivity index (χ3n) is 12.4. The number of likely N-dealkylation sites (tertiary alicyclic amines) is 3. The number of carbonyl (C=O) groups excluding carboxylic acids is 2. The molecule has 4 N–H and O–H groups in total. The highest BCUT2D eigenvalue weighted by molar-refractivity contribution is 5.87. The number of carbonyl (C=O) groups is 3. The average Bonchev–Trinajstić information content (AvgIpc) is 4.14. The lowest BCUT2D eigenvalue weighted by molar-refractivity contribution is -0.139. The summed E-state index contributed by atoms with van der Waals surface area (Å²) in [5.74, 6) is 1.39. The van der Waals surface area contributed by atoms with Gasteiger partial charge in [0.2, 0.25) is 5.91 Å². The van der Waals surface area contributed by atoms with E-state index in [9.17, 15) is 19.5 Å². The number of imidazole rings is 2. The summed E-state index contributed by atoms with van der Waals surface area (Å²) in [6, 6.07) is 34.3. The molecule has 3 amide bonds. The molecular formula is C48H50N8O4. The molecule has 0 radical (unpaired) electrons. The van der Waals surface area contributed by atoms with Crippen molar-refractivity contribution < 1.29 is 19.5 Å². The second kappa shape index (κ2) is 17.4. The zero-order chi connectivity index (χ0) is 41.0. The third-order valence-corrected chi connectivity index (χ3v) is 12.4. The fourth-order valence-corrected chi connectivity index (χ4v) is 9.32. The summed E-state index contributed by atoms with van der Waals surface area (Å²) in [6.45, 7) is 3.14. The molecule has 6 aromatic rings. The Balaban J connectivity index is 0.861. The Morgan fingerprint density at radius 3 is 1.53 bits per heavy atom. The maximum absolute atomic E-state index is 14.4. The van der Waals surface area contributed by atoms with Gasteiger partial charge in [-0.2, -0.15) is 0 Å². The second-order valence-electron chi connectivity index (χ2n) is 16.1. The summed E-state index contributed by atoms with van der Waals surface area (Å²) in [6.07, 6.45) is 9.25. The maximum Gasteiger partial charge on any atom is 0.405 e. The van der Waals surface area contributed by atoms with Gasteiger partial charge in [-0.15, -0.1) is 0 Å². The van der Waals surface area contributed by atoms with Crippen LogP contribution in [0.25, 0.3) is 33.6 Å². The minimum Gasteiger partial charge on any atom is -0.465 e. The Hall–Kier alpha value is -6.53. The van der Waals surface area contributed by atoms with E-state index in [0.717, 1.165) is 103 Å². The number of carboxylic acid groups (broad SMARTS) is 1. The van der Waals surface area contributed by atoms with Gasteiger partial charge in [-0.3, -0.25) is 14.5 Å². The highest BCUT2D eigenvalue weighted by Crippen LogP contribution is 2.38. The number of aromatic amines is 2. The topological polar surface area (TPSA) is 151 Å². The molecule has 4 aromatic carbocycles. The van der Waals surface area contributed by atoms with Crippen LogP contribution < -0.4 is 5.32 Å². The molecule has 12 heteroatoms. The van der Waals surface area contributed by atoms with E-state index in [-0.39, 0.29) is 29.9 Å². The van der Waals surface area contributed by atoms with E-state index in [0.29, 0.717) is 17.9 Å². The first kappa shape index (κ1) is 39.0. The van der Waals surface area contributed by atoms with Crippen molar-refractivity contribution in [3.63, 3.8) is 0 Å². The van der Waals surface area contributed by atoms with Crippen LogP contribution in [-0.4, -0.2) is 83.8 Å². The predicted octanol–water partition coefficient (Wildman–Crippen LogP) is 8.70. The molecule has 3 aliphatic heterocycles. The molecule has 0 unspecified atom stereocenters. The molecular weight excluding hydrogens is 753 g/mol. The number of hydrogen-bond donors (Lipinski definition) is 4. The normalized spacial score (nSPS) is 19.3. The van der Waals surface area contributed by atoms with E-state index in [1.54, 1.807) is 35.4 Å². The van der Waals surface area contributed by atoms with Crippen LogP contribution in [-0.2, 0) is 9.59 Å². The summed E-state index contributed by atoms with van der Waals surface area (Å²) in [5.41, 5.74) is 7.57. The average molecular weight is 803 g/mol. The number of rotatable bonds is 11. The van der Waals surface area contributed by atoms with Gasteiger partial charge >= 0.3 is 6.09 Å². The van der Waals surface area contributed by atoms with Crippen molar-refractivity contribution in [1.29, 1.82) is 0 Å². The Morgan fingerprint density at radius 2 is 1.03 bits per heavy atom. The van der Waals surface area contributed by atoms with Crippen LogP contribution in [0.2, 0.25) is 0 Å². The monoisotopic (exact) mass is 802 g/mol. The second-order valence-corrected chi connectivity index (χ2v) is 16.1. The van der Waals surface area contributed by atoms with E-state index in [2.05, 4.69) is 90.7 Å². The standard InChI is InChI=1S/C48H50N8O4/c57-46(42(53-48(59)60)36-12-4-1-5-13-36)55-28-10-16-40(55)44-49-30-38(51-44)34-22-18-32(19-23-34)33-20-24-35(25-21-33)39-31-50-45(52-39)41-17-11-29-56(41)47(58)43(37-14-6-2-7-15-37)54-26-8-3-9-27-54/h1-2,4-7,12-15,18-25,30-31,40-43,53H,3,8-11,16-17,26-29H2,(H,49,51)(H,50,52)(H,59,60)/t40-,41-,42+,43+/m0/s1. The highest BCUT2D eigenvalue weighted by atomic mass is 16.4. The van der Waals surface area contributed by atoms with Crippen molar-refractivity contribution in [1.82, 2.24) is 40.0 Å². The number of H-pyrrole nitrogens is 2. The molecule has 0 saturated carbocycles. The molecule has 3 aliphatic rings. The molecule has 9 rings (SSSR count). The van der Waals surface area contributed by atoms with Gasteiger partial charge in [-0.25, -0.2) is 14.8 Å². The third kappa shape index (κ3) is 8.07. The summed E-state index contributed by atoms with van der Waals surface area (Å²) in [4.78, 5) is 62.4. The Labute approximate surface area is 349 Å². The van der Waals surface area contributed by atoms with Gasteiger partial charge in [0.25, 0.3) is 5.91 Å². The van der Waals surface area contributed by atoms with Crippen molar-refractivity contribution in [3.05, 3.63) is 144 Å². The van der Waals surface area contributed by atoms with E-state index in [4.69, 9.17) is 4.98 Å². The summed E-state index contributed by atoms with van der Waals surface area (Å²) < 4.78 is 0. The van der Waals surface area contributed by atoms with Gasteiger partial charge in [-0.05, 0) is 85.0 Å². The molecule has 0 aliphatic carbocycles. The van der Waals surface area contributed by atoms with Gasteiger partial charge in [0.15, 0.2) is 0 Å². The molecule has 0 bridgehead atoms. The van der Waals surface area contributed by atoms with Crippen LogP contribution in [0.3, 0.4) is 0 Å². The molecule has 60 heavy (non-hydrogen) atoms. The van der Waals surface area contributed by atoms with Gasteiger partial charge in [0, 0.05) is 13.1 Å². The van der Waals surface area contributed by atoms with Crippen LogP contribution in [0.4, 0.5) is 4.79 Å². The van der Waals surface area contributed by atoms with E-state index in [1.165, 1.54) is 6.42 Å². The zero-order valence-electron chi connectivity index (χ0n) is 33.5. The van der Waals surface area contributed by atoms with Crippen LogP contribution >= 0.6 is 0 Å². The fraction of sp³-hybridized carbons (Fsp3) is 0.312. The smallest absolute Gasteiger partial charge is 0.405 e. The molecule has 3 saturated heterocycles. The lowest BCUT2D eigenvalue weighted by Gasteiger charge is -2.37. The van der Waals surface area contributed by atoms with Crippen molar-refractivity contribution >= 4 is 17.9 Å². The zero-order valence-corrected chi connectivity index (χ0v) is 33.5. The SMILES string of the molecule is O=C(O)N[C@@H](C(=O)N1CCC[C@H]1c1ncc(-c2ccc(-c3ccc(-c4cnc([C@@H]5CCCN5C(=O)[C@@H](c5ccccc5)N5CCCCC5)[nH]4)cc3)cc2)[nH]1)c1ccccc1. The summed E-state index contributed by atoms with van der Waals surface area (Å²) in [7, 11) is 0. The van der Waals surface area contributed by atoms with E-state index in [1.807, 2.05) is 30.5 Å². The largest absolute Gasteiger partial charge is 0.465 e. The Morgan fingerprint density at radius 1 is 0.567 bits per heavy atom. The number of nitrogens with zero attached hydrogens (tertiary/aromatic N) is 5. The number of benzene rings is 4. The Bertz CT molecular complexity index is 2410. The first-order valence-corrected chi connectivity index (χ1v) is 21.2. The van der Waals surface area contributed by atoms with Crippen molar-refractivity contribution in [2.75, 3.05) is 26.2 Å². The number of aromatic nitrogens is 4. The van der Waals surface area contributed by atoms with Crippen molar-refractivity contribution in [3.8, 4) is 33.6 Å². The molecule has 4 atom stereocenters. The number of nitrogens with one attached hydrogen (secondary N) is 3. The molecule has 0 spiro atoms. The number of piperidine rings is 1. The van der Waals surface area contributed by atoms with Crippen LogP contribution in [0, 0.1) is 0 Å². The molecule has 5 heterocycles. The lowest BCUT2D eigenvalue weighted by atomic mass is 10.00.